The first-order valence-corrected chi connectivity index (χ1v) is 15.8. The van der Waals surface area contributed by atoms with Crippen LogP contribution in [0.25, 0.3) is 0 Å². The van der Waals surface area contributed by atoms with Gasteiger partial charge in [-0.3, -0.25) is 0 Å². The van der Waals surface area contributed by atoms with Gasteiger partial charge in [0.1, 0.15) is 0 Å². The van der Waals surface area contributed by atoms with Crippen LogP contribution in [0.15, 0.2) is 0 Å². The standard InChI is InChI=1S/C33H56/c1-7-14-31(6)19-28(31)26-18-27(26)29-30-32(20-33(29,30)32)23(5)15-25-16-24(17-25)13-11-9-8-10-12-22(4)21(2)3/h21-30H,7-20H2,1-6H3. The molecular formula is C33H56. The molecule has 0 aliphatic heterocycles. The van der Waals surface area contributed by atoms with E-state index in [1.165, 1.54) is 68.6 Å². The normalized spacial score (nSPS) is 51.9. The van der Waals surface area contributed by atoms with Crippen LogP contribution in [-0.4, -0.2) is 0 Å². The van der Waals surface area contributed by atoms with Crippen LogP contribution in [0.5, 0.6) is 0 Å². The van der Waals surface area contributed by atoms with Crippen molar-refractivity contribution in [2.24, 2.45) is 75.4 Å². The fraction of sp³-hybridized carbons (Fsp3) is 1.00. The van der Waals surface area contributed by atoms with Crippen molar-refractivity contribution in [2.45, 2.75) is 131 Å². The highest BCUT2D eigenvalue weighted by Crippen LogP contribution is 3.12. The lowest BCUT2D eigenvalue weighted by Gasteiger charge is -2.38. The van der Waals surface area contributed by atoms with E-state index in [1.807, 2.05) is 0 Å². The molecule has 6 aliphatic carbocycles. The van der Waals surface area contributed by atoms with Gasteiger partial charge in [0.05, 0.1) is 0 Å². The van der Waals surface area contributed by atoms with Crippen molar-refractivity contribution in [3.05, 3.63) is 0 Å². The highest BCUT2D eigenvalue weighted by Gasteiger charge is 3.08. The predicted molar refractivity (Wildman–Crippen MR) is 141 cm³/mol. The van der Waals surface area contributed by atoms with Crippen molar-refractivity contribution in [3.63, 3.8) is 0 Å². The van der Waals surface area contributed by atoms with Crippen LogP contribution < -0.4 is 0 Å². The summed E-state index contributed by atoms with van der Waals surface area (Å²) in [7, 11) is 0. The Kier molecular flexibility index (Phi) is 5.67. The molecule has 1 spiro atoms. The van der Waals surface area contributed by atoms with E-state index in [-0.39, 0.29) is 0 Å². The number of fused-ring (bicyclic) bond motifs is 1. The van der Waals surface area contributed by atoms with Crippen molar-refractivity contribution in [1.82, 2.24) is 0 Å². The summed E-state index contributed by atoms with van der Waals surface area (Å²) in [5.74, 6) is 11.0. The summed E-state index contributed by atoms with van der Waals surface area (Å²) in [5, 5.41) is 0. The maximum Gasteiger partial charge on any atom is -0.0159 e. The average Bonchev–Trinajstić information content (AvgIpc) is 3.55. The quantitative estimate of drug-likeness (QED) is 0.217. The molecule has 33 heavy (non-hydrogen) atoms. The minimum atomic E-state index is 0.770. The molecule has 10 unspecified atom stereocenters. The Morgan fingerprint density at radius 2 is 1.61 bits per heavy atom. The SMILES string of the molecule is CCCC1(C)CC1C1CC1C1C2C3(C(C)CC4CC(CCCCCCC(C)C(C)C)C4)CC123. The molecule has 0 amide bonds. The number of hydrogen-bond acceptors (Lipinski definition) is 0. The molecule has 0 aromatic heterocycles. The van der Waals surface area contributed by atoms with E-state index in [0.29, 0.717) is 0 Å². The van der Waals surface area contributed by atoms with Gasteiger partial charge in [0.2, 0.25) is 0 Å². The van der Waals surface area contributed by atoms with Gasteiger partial charge in [-0.2, -0.15) is 0 Å². The second-order valence-electron chi connectivity index (χ2n) is 15.6. The molecule has 0 saturated heterocycles. The van der Waals surface area contributed by atoms with Gasteiger partial charge in [-0.15, -0.1) is 0 Å². The van der Waals surface area contributed by atoms with Crippen molar-refractivity contribution < 1.29 is 0 Å². The van der Waals surface area contributed by atoms with Crippen molar-refractivity contribution in [3.8, 4) is 0 Å². The third-order valence-electron chi connectivity index (χ3n) is 13.4. The number of unbranched alkanes of at least 4 members (excludes halogenated alkanes) is 3. The molecule has 6 rings (SSSR count). The molecule has 6 aliphatic rings. The zero-order valence-corrected chi connectivity index (χ0v) is 23.2. The van der Waals surface area contributed by atoms with Crippen LogP contribution in [0.3, 0.4) is 0 Å². The van der Waals surface area contributed by atoms with E-state index in [1.54, 1.807) is 44.9 Å². The molecule has 0 heteroatoms. The maximum absolute atomic E-state index is 2.67. The summed E-state index contributed by atoms with van der Waals surface area (Å²) in [4.78, 5) is 0. The van der Waals surface area contributed by atoms with Crippen LogP contribution in [0.4, 0.5) is 0 Å². The zero-order chi connectivity index (χ0) is 23.2. The topological polar surface area (TPSA) is 0 Å². The Labute approximate surface area is 206 Å². The lowest BCUT2D eigenvalue weighted by Crippen LogP contribution is -2.27. The van der Waals surface area contributed by atoms with Gasteiger partial charge in [0.25, 0.3) is 0 Å². The van der Waals surface area contributed by atoms with E-state index < -0.39 is 0 Å². The van der Waals surface area contributed by atoms with Crippen LogP contribution in [0, 0.1) is 75.4 Å². The maximum atomic E-state index is 2.67. The molecule has 0 aromatic carbocycles. The third kappa shape index (κ3) is 3.64. The second-order valence-corrected chi connectivity index (χ2v) is 15.6. The summed E-state index contributed by atoms with van der Waals surface area (Å²) in [6, 6.07) is 0. The average molecular weight is 453 g/mol. The van der Waals surface area contributed by atoms with Crippen molar-refractivity contribution >= 4 is 0 Å². The van der Waals surface area contributed by atoms with Gasteiger partial charge in [-0.05, 0) is 120 Å². The van der Waals surface area contributed by atoms with Crippen LogP contribution in [-0.2, 0) is 0 Å². The zero-order valence-electron chi connectivity index (χ0n) is 23.2. The molecule has 188 valence electrons. The van der Waals surface area contributed by atoms with E-state index in [4.69, 9.17) is 0 Å². The largest absolute Gasteiger partial charge is 0.0654 e. The molecule has 6 fully saturated rings. The molecule has 0 nitrogen and oxygen atoms in total. The second kappa shape index (κ2) is 8.00. The molecule has 10 atom stereocenters. The molecule has 0 heterocycles. The summed E-state index contributed by atoms with van der Waals surface area (Å²) < 4.78 is 0. The molecule has 0 aromatic rings. The first-order valence-electron chi connectivity index (χ1n) is 15.8. The van der Waals surface area contributed by atoms with Gasteiger partial charge in [-0.1, -0.05) is 86.5 Å². The summed E-state index contributed by atoms with van der Waals surface area (Å²) in [6.07, 6.45) is 21.5. The fourth-order valence-corrected chi connectivity index (χ4v) is 10.6. The Balaban J connectivity index is 0.831. The van der Waals surface area contributed by atoms with Crippen LogP contribution >= 0.6 is 0 Å². The van der Waals surface area contributed by atoms with Crippen molar-refractivity contribution in [1.29, 1.82) is 0 Å². The number of hydrogen-bond donors (Lipinski definition) is 0. The minimum absolute atomic E-state index is 0.770. The van der Waals surface area contributed by atoms with Crippen molar-refractivity contribution in [2.75, 3.05) is 0 Å². The Morgan fingerprint density at radius 1 is 0.879 bits per heavy atom. The lowest BCUT2D eigenvalue weighted by molar-refractivity contribution is 0.127. The van der Waals surface area contributed by atoms with E-state index >= 15 is 0 Å². The summed E-state index contributed by atoms with van der Waals surface area (Å²) >= 11 is 0. The Bertz CT molecular complexity index is 730. The van der Waals surface area contributed by atoms with E-state index in [9.17, 15) is 0 Å². The molecule has 0 bridgehead atoms. The van der Waals surface area contributed by atoms with Gasteiger partial charge in [0, 0.05) is 0 Å². The molecule has 0 radical (unpaired) electrons. The predicted octanol–water partition coefficient (Wildman–Crippen LogP) is 9.77. The monoisotopic (exact) mass is 452 g/mol. The molecular weight excluding hydrogens is 396 g/mol. The van der Waals surface area contributed by atoms with Gasteiger partial charge >= 0.3 is 0 Å². The molecule has 6 saturated carbocycles. The number of rotatable bonds is 15. The Hall–Kier alpha value is 0. The molecule has 0 N–H and O–H groups in total. The van der Waals surface area contributed by atoms with Crippen LogP contribution in [0.1, 0.15) is 131 Å². The minimum Gasteiger partial charge on any atom is -0.0654 e. The summed E-state index contributed by atoms with van der Waals surface area (Å²) in [6.45, 7) is 14.9. The first kappa shape index (κ1) is 23.4. The van der Waals surface area contributed by atoms with Gasteiger partial charge in [-0.25, -0.2) is 0 Å². The van der Waals surface area contributed by atoms with E-state index in [2.05, 4.69) is 41.5 Å². The highest BCUT2D eigenvalue weighted by atomic mass is 15.1. The third-order valence-corrected chi connectivity index (χ3v) is 13.4. The lowest BCUT2D eigenvalue weighted by atomic mass is 9.67. The smallest absolute Gasteiger partial charge is 0.0159 e. The van der Waals surface area contributed by atoms with Gasteiger partial charge < -0.3 is 0 Å². The summed E-state index contributed by atoms with van der Waals surface area (Å²) in [5.41, 5.74) is 2.64. The Morgan fingerprint density at radius 3 is 2.30 bits per heavy atom. The van der Waals surface area contributed by atoms with Gasteiger partial charge in [0.15, 0.2) is 0 Å². The van der Waals surface area contributed by atoms with Crippen LogP contribution in [0.2, 0.25) is 0 Å². The first-order chi connectivity index (χ1) is 15.8. The highest BCUT2D eigenvalue weighted by molar-refractivity contribution is 5.55. The van der Waals surface area contributed by atoms with E-state index in [0.717, 1.165) is 51.8 Å². The fourth-order valence-electron chi connectivity index (χ4n) is 10.6.